The Morgan fingerprint density at radius 2 is 0.795 bits per heavy atom. The molecule has 0 saturated carbocycles. The summed E-state index contributed by atoms with van der Waals surface area (Å²) >= 11 is 0. The Labute approximate surface area is 438 Å². The van der Waals surface area contributed by atoms with Gasteiger partial charge < -0.3 is 16.4 Å². The fourth-order valence-corrected chi connectivity index (χ4v) is 7.87. The van der Waals surface area contributed by atoms with Gasteiger partial charge in [0.1, 0.15) is 0 Å². The lowest BCUT2D eigenvalue weighted by molar-refractivity contribution is -0.141. The number of halogens is 14. The van der Waals surface area contributed by atoms with Crippen LogP contribution in [0.15, 0.2) is 158 Å². The third-order valence-electron chi connectivity index (χ3n) is 12.3. The summed E-state index contributed by atoms with van der Waals surface area (Å²) in [5, 5.41) is 5.24. The van der Waals surface area contributed by atoms with E-state index in [2.05, 4.69) is 43.5 Å². The summed E-state index contributed by atoms with van der Waals surface area (Å²) in [7, 11) is 0. The van der Waals surface area contributed by atoms with E-state index < -0.39 is 81.5 Å². The molecule has 0 aliphatic rings. The molecular formula is C59H44F14N3O2-. The Morgan fingerprint density at radius 1 is 0.397 bits per heavy atom. The number of benzene rings is 8. The minimum atomic E-state index is -4.82. The average molecular weight is 1090 g/mol. The van der Waals surface area contributed by atoms with Crippen molar-refractivity contribution in [2.24, 2.45) is 0 Å². The first-order valence-electron chi connectivity index (χ1n) is 23.1. The maximum Gasteiger partial charge on any atom is 0.417 e. The van der Waals surface area contributed by atoms with E-state index in [0.29, 0.717) is 53.3 Å². The number of nitrogens with one attached hydrogen (secondary N) is 3. The fourth-order valence-electron chi connectivity index (χ4n) is 7.87. The van der Waals surface area contributed by atoms with E-state index in [1.165, 1.54) is 77.4 Å². The Hall–Kier alpha value is -8.48. The third-order valence-corrected chi connectivity index (χ3v) is 12.3. The molecule has 0 unspecified atom stereocenters. The fraction of sp³-hybridized carbons (Fsp3) is 0.153. The molecule has 0 aliphatic heterocycles. The van der Waals surface area contributed by atoms with Crippen molar-refractivity contribution >= 4 is 28.9 Å². The van der Waals surface area contributed by atoms with E-state index in [1.54, 1.807) is 31.2 Å². The predicted molar refractivity (Wildman–Crippen MR) is 272 cm³/mol. The molecule has 78 heavy (non-hydrogen) atoms. The van der Waals surface area contributed by atoms with Gasteiger partial charge in [0.05, 0.1) is 27.8 Å². The molecular weight excluding hydrogens is 1050 g/mol. The van der Waals surface area contributed by atoms with Crippen molar-refractivity contribution in [1.82, 2.24) is 0 Å². The minimum Gasteiger partial charge on any atom is -0.699 e. The van der Waals surface area contributed by atoms with Crippen LogP contribution in [0.1, 0.15) is 70.8 Å². The summed E-state index contributed by atoms with van der Waals surface area (Å²) in [6, 6.07) is 32.9. The number of hydrogen-bond donors (Lipinski definition) is 2. The molecule has 0 heterocycles. The lowest BCUT2D eigenvalue weighted by Gasteiger charge is -2.16. The van der Waals surface area contributed by atoms with Crippen LogP contribution in [0.2, 0.25) is 0 Å². The highest BCUT2D eigenvalue weighted by Crippen LogP contribution is 2.43. The third kappa shape index (κ3) is 14.5. The Bertz CT molecular complexity index is 3450. The largest absolute Gasteiger partial charge is 0.699 e. The van der Waals surface area contributed by atoms with Crippen LogP contribution in [-0.2, 0) is 24.7 Å². The Kier molecular flexibility index (Phi) is 17.6. The van der Waals surface area contributed by atoms with Gasteiger partial charge in [0.25, 0.3) is 11.8 Å². The summed E-state index contributed by atoms with van der Waals surface area (Å²) in [4.78, 5) is 24.7. The zero-order chi connectivity index (χ0) is 57.7. The number of aryl methyl sites for hydroxylation is 4. The molecule has 0 fully saturated rings. The van der Waals surface area contributed by atoms with Crippen LogP contribution in [0.3, 0.4) is 0 Å². The second-order valence-electron chi connectivity index (χ2n) is 17.8. The molecule has 8 rings (SSSR count). The predicted octanol–water partition coefficient (Wildman–Crippen LogP) is 19.1. The highest BCUT2D eigenvalue weighted by molar-refractivity contribution is 6.06. The van der Waals surface area contributed by atoms with Gasteiger partial charge in [-0.1, -0.05) is 78.9 Å². The van der Waals surface area contributed by atoms with E-state index in [9.17, 15) is 71.1 Å². The standard InChI is InChI=1S/C23H17F6NO.C22H19F2NO.C14H8F6N/c1-13-4-3-5-18(14(13)2)21(31)30-17-9-6-15(7-10-17)19-12-16(22(24,25)26)8-11-20(19)23(27,28)29;1-13-11-15(3)19(12-14(13)2)16-7-9-17(10-8-16)25-22(26)18-5-4-6-20(23)21(18)24;15-13(16,17)9-3-6-12(14(18,19)20)11(7-9)8-1-4-10(21)5-2-8/h3-12H,1-2H3,(H,30,31);4-12H,1-3H3,(H,25,26);1-7,21H/q;;-1. The molecule has 0 aliphatic carbocycles. The Balaban J connectivity index is 0.000000193. The first-order valence-corrected chi connectivity index (χ1v) is 23.1. The van der Waals surface area contributed by atoms with Gasteiger partial charge in [0.15, 0.2) is 11.6 Å². The van der Waals surface area contributed by atoms with E-state index in [4.69, 9.17) is 5.73 Å². The summed E-state index contributed by atoms with van der Waals surface area (Å²) in [6.45, 7) is 9.86. The first-order chi connectivity index (χ1) is 36.3. The van der Waals surface area contributed by atoms with Crippen molar-refractivity contribution in [3.8, 4) is 33.4 Å². The molecule has 0 bridgehead atoms. The molecule has 0 spiro atoms. The van der Waals surface area contributed by atoms with Crippen molar-refractivity contribution in [1.29, 1.82) is 0 Å². The number of carbonyl (C=O) groups excluding carboxylic acids is 2. The van der Waals surface area contributed by atoms with Gasteiger partial charge in [0.2, 0.25) is 0 Å². The molecule has 406 valence electrons. The van der Waals surface area contributed by atoms with Crippen LogP contribution in [0.5, 0.6) is 0 Å². The summed E-state index contributed by atoms with van der Waals surface area (Å²) < 4.78 is 183. The average Bonchev–Trinajstić information content (AvgIpc) is 3.38. The monoisotopic (exact) mass is 1090 g/mol. The van der Waals surface area contributed by atoms with E-state index in [1.807, 2.05) is 25.1 Å². The number of hydrogen-bond acceptors (Lipinski definition) is 2. The molecule has 8 aromatic rings. The molecule has 19 heteroatoms. The van der Waals surface area contributed by atoms with Crippen molar-refractivity contribution in [3.05, 3.63) is 236 Å². The van der Waals surface area contributed by atoms with E-state index >= 15 is 0 Å². The maximum atomic E-state index is 13.7. The Morgan fingerprint density at radius 3 is 1.24 bits per heavy atom. The summed E-state index contributed by atoms with van der Waals surface area (Å²) in [6.07, 6.45) is -19.1. The molecule has 3 N–H and O–H groups in total. The molecule has 8 aromatic carbocycles. The zero-order valence-corrected chi connectivity index (χ0v) is 41.6. The van der Waals surface area contributed by atoms with Crippen LogP contribution >= 0.6 is 0 Å². The highest BCUT2D eigenvalue weighted by Gasteiger charge is 2.39. The summed E-state index contributed by atoms with van der Waals surface area (Å²) in [5.74, 6) is -3.27. The van der Waals surface area contributed by atoms with Gasteiger partial charge in [-0.2, -0.15) is 52.7 Å². The van der Waals surface area contributed by atoms with Crippen LogP contribution in [-0.4, -0.2) is 11.8 Å². The maximum absolute atomic E-state index is 13.7. The van der Waals surface area contributed by atoms with Crippen molar-refractivity contribution < 1.29 is 71.1 Å². The summed E-state index contributed by atoms with van der Waals surface area (Å²) in [5.41, 5.74) is 9.89. The van der Waals surface area contributed by atoms with Gasteiger partial charge in [-0.25, -0.2) is 8.78 Å². The van der Waals surface area contributed by atoms with E-state index in [0.717, 1.165) is 28.3 Å². The van der Waals surface area contributed by atoms with Crippen molar-refractivity contribution in [2.45, 2.75) is 59.3 Å². The topological polar surface area (TPSA) is 82.0 Å². The number of rotatable bonds is 7. The van der Waals surface area contributed by atoms with Gasteiger partial charge in [-0.15, -0.1) is 5.69 Å². The van der Waals surface area contributed by atoms with Crippen molar-refractivity contribution in [2.75, 3.05) is 10.6 Å². The van der Waals surface area contributed by atoms with Crippen molar-refractivity contribution in [3.63, 3.8) is 0 Å². The smallest absolute Gasteiger partial charge is 0.417 e. The number of carbonyl (C=O) groups is 2. The van der Waals surface area contributed by atoms with Crippen LogP contribution in [0.25, 0.3) is 39.1 Å². The molecule has 0 aromatic heterocycles. The number of amides is 2. The minimum absolute atomic E-state index is 0.0237. The van der Waals surface area contributed by atoms with Gasteiger partial charge >= 0.3 is 24.7 Å². The van der Waals surface area contributed by atoms with Crippen LogP contribution in [0.4, 0.5) is 78.5 Å². The lowest BCUT2D eigenvalue weighted by atomic mass is 9.95. The quantitative estimate of drug-likeness (QED) is 0.156. The molecule has 5 nitrogen and oxygen atoms in total. The number of alkyl halides is 12. The zero-order valence-electron chi connectivity index (χ0n) is 41.6. The number of anilines is 2. The van der Waals surface area contributed by atoms with Crippen LogP contribution < -0.4 is 10.6 Å². The molecule has 0 atom stereocenters. The van der Waals surface area contributed by atoms with Crippen LogP contribution in [0, 0.1) is 46.3 Å². The SMILES string of the molecule is Cc1cc(C)c(-c2ccc(NC(=O)c3cccc(F)c3F)cc2)cc1C.Cc1cccc(C(=O)Nc2ccc(-c3cc(C(F)(F)F)ccc3C(F)(F)F)cc2)c1C.[NH-]c1ccc(-c2cc(C(F)(F)F)ccc2C(F)(F)F)cc1. The van der Waals surface area contributed by atoms with Gasteiger partial charge in [-0.3, -0.25) is 9.59 Å². The lowest BCUT2D eigenvalue weighted by Crippen LogP contribution is -2.14. The molecule has 2 amide bonds. The first kappa shape index (κ1) is 58.8. The van der Waals surface area contributed by atoms with Gasteiger partial charge in [0, 0.05) is 16.9 Å². The normalized spacial score (nSPS) is 11.7. The second-order valence-corrected chi connectivity index (χ2v) is 17.8. The van der Waals surface area contributed by atoms with Gasteiger partial charge in [-0.05, 0) is 175 Å². The van der Waals surface area contributed by atoms with E-state index in [-0.39, 0.29) is 22.4 Å². The molecule has 0 radical (unpaired) electrons. The highest BCUT2D eigenvalue weighted by atomic mass is 19.4. The molecule has 0 saturated heterocycles. The second kappa shape index (κ2) is 23.4.